The highest BCUT2D eigenvalue weighted by molar-refractivity contribution is 6.06. The van der Waals surface area contributed by atoms with Crippen molar-refractivity contribution in [3.63, 3.8) is 0 Å². The standard InChI is InChI=1S/C20H28O4/c1-4-5-6-7-8-9-17(21)15-18(22)12-10-16-11-13-19(23-2)20(14-16)24-3/h10-14H,4-9,15H2,1-3H3. The summed E-state index contributed by atoms with van der Waals surface area (Å²) in [6.07, 6.45) is 9.14. The van der Waals surface area contributed by atoms with Crippen LogP contribution in [0.1, 0.15) is 57.4 Å². The van der Waals surface area contributed by atoms with Crippen molar-refractivity contribution in [1.82, 2.24) is 0 Å². The van der Waals surface area contributed by atoms with Gasteiger partial charge in [-0.25, -0.2) is 0 Å². The van der Waals surface area contributed by atoms with Crippen LogP contribution in [-0.4, -0.2) is 25.8 Å². The molecule has 1 rings (SSSR count). The number of allylic oxidation sites excluding steroid dienone is 1. The summed E-state index contributed by atoms with van der Waals surface area (Å²) in [4.78, 5) is 23.7. The second-order valence-electron chi connectivity index (χ2n) is 5.79. The van der Waals surface area contributed by atoms with E-state index < -0.39 is 0 Å². The van der Waals surface area contributed by atoms with Crippen LogP contribution in [-0.2, 0) is 9.59 Å². The zero-order valence-corrected chi connectivity index (χ0v) is 15.0. The monoisotopic (exact) mass is 332 g/mol. The van der Waals surface area contributed by atoms with E-state index in [1.807, 2.05) is 6.07 Å². The van der Waals surface area contributed by atoms with Crippen LogP contribution in [0.5, 0.6) is 11.5 Å². The Morgan fingerprint density at radius 3 is 2.38 bits per heavy atom. The average molecular weight is 332 g/mol. The summed E-state index contributed by atoms with van der Waals surface area (Å²) in [6, 6.07) is 5.41. The molecule has 0 aliphatic heterocycles. The van der Waals surface area contributed by atoms with Crippen LogP contribution >= 0.6 is 0 Å². The lowest BCUT2D eigenvalue weighted by molar-refractivity contribution is -0.124. The molecule has 0 atom stereocenters. The Labute approximate surface area is 144 Å². The molecule has 0 aliphatic rings. The van der Waals surface area contributed by atoms with Crippen LogP contribution < -0.4 is 9.47 Å². The summed E-state index contributed by atoms with van der Waals surface area (Å²) >= 11 is 0. The fourth-order valence-corrected chi connectivity index (χ4v) is 2.41. The predicted octanol–water partition coefficient (Wildman–Crippen LogP) is 4.61. The van der Waals surface area contributed by atoms with Gasteiger partial charge < -0.3 is 9.47 Å². The van der Waals surface area contributed by atoms with E-state index >= 15 is 0 Å². The Kier molecular flexibility index (Phi) is 9.51. The molecule has 0 bridgehead atoms. The van der Waals surface area contributed by atoms with Crippen molar-refractivity contribution in [2.45, 2.75) is 51.9 Å². The molecule has 0 saturated heterocycles. The van der Waals surface area contributed by atoms with Crippen LogP contribution in [0.15, 0.2) is 24.3 Å². The zero-order valence-electron chi connectivity index (χ0n) is 15.0. The highest BCUT2D eigenvalue weighted by Crippen LogP contribution is 2.27. The molecule has 132 valence electrons. The molecule has 0 fully saturated rings. The maximum absolute atomic E-state index is 11.9. The normalized spacial score (nSPS) is 10.8. The van der Waals surface area contributed by atoms with E-state index in [1.54, 1.807) is 32.4 Å². The van der Waals surface area contributed by atoms with Crippen LogP contribution in [0.4, 0.5) is 0 Å². The summed E-state index contributed by atoms with van der Waals surface area (Å²) in [7, 11) is 3.14. The van der Waals surface area contributed by atoms with Crippen LogP contribution in [0.25, 0.3) is 6.08 Å². The molecule has 4 heteroatoms. The molecule has 0 heterocycles. The second kappa shape index (κ2) is 11.4. The van der Waals surface area contributed by atoms with E-state index in [4.69, 9.17) is 9.47 Å². The van der Waals surface area contributed by atoms with Gasteiger partial charge in [0.05, 0.1) is 20.6 Å². The number of carbonyl (C=O) groups is 2. The molecule has 0 saturated carbocycles. The van der Waals surface area contributed by atoms with Crippen molar-refractivity contribution in [3.8, 4) is 11.5 Å². The summed E-state index contributed by atoms with van der Waals surface area (Å²) in [5.74, 6) is 1.10. The van der Waals surface area contributed by atoms with Crippen molar-refractivity contribution in [3.05, 3.63) is 29.8 Å². The van der Waals surface area contributed by atoms with Crippen molar-refractivity contribution < 1.29 is 19.1 Å². The quantitative estimate of drug-likeness (QED) is 0.319. The number of carbonyl (C=O) groups excluding carboxylic acids is 2. The Morgan fingerprint density at radius 1 is 1.00 bits per heavy atom. The van der Waals surface area contributed by atoms with Gasteiger partial charge >= 0.3 is 0 Å². The fourth-order valence-electron chi connectivity index (χ4n) is 2.41. The van der Waals surface area contributed by atoms with Gasteiger partial charge in [0.2, 0.25) is 0 Å². The maximum Gasteiger partial charge on any atom is 0.163 e. The lowest BCUT2D eigenvalue weighted by Crippen LogP contribution is -2.05. The highest BCUT2D eigenvalue weighted by atomic mass is 16.5. The van der Waals surface area contributed by atoms with Gasteiger partial charge in [0.15, 0.2) is 17.3 Å². The Hall–Kier alpha value is -2.10. The fraction of sp³-hybridized carbons (Fsp3) is 0.500. The molecular weight excluding hydrogens is 304 g/mol. The highest BCUT2D eigenvalue weighted by Gasteiger charge is 2.07. The van der Waals surface area contributed by atoms with E-state index in [0.29, 0.717) is 17.9 Å². The molecule has 0 aliphatic carbocycles. The van der Waals surface area contributed by atoms with Crippen molar-refractivity contribution in [2.24, 2.45) is 0 Å². The predicted molar refractivity (Wildman–Crippen MR) is 96.6 cm³/mol. The molecule has 1 aromatic rings. The third kappa shape index (κ3) is 7.44. The number of rotatable bonds is 12. The number of methoxy groups -OCH3 is 2. The van der Waals surface area contributed by atoms with Gasteiger partial charge in [0.1, 0.15) is 5.78 Å². The van der Waals surface area contributed by atoms with E-state index in [0.717, 1.165) is 24.8 Å². The lowest BCUT2D eigenvalue weighted by atomic mass is 10.1. The van der Waals surface area contributed by atoms with Crippen molar-refractivity contribution in [1.29, 1.82) is 0 Å². The van der Waals surface area contributed by atoms with E-state index in [1.165, 1.54) is 18.9 Å². The molecule has 24 heavy (non-hydrogen) atoms. The molecule has 0 N–H and O–H groups in total. The number of benzene rings is 1. The van der Waals surface area contributed by atoms with Gasteiger partial charge in [-0.05, 0) is 30.2 Å². The molecule has 0 spiro atoms. The largest absolute Gasteiger partial charge is 0.493 e. The smallest absolute Gasteiger partial charge is 0.163 e. The first-order valence-electron chi connectivity index (χ1n) is 8.55. The SMILES string of the molecule is CCCCCCCC(=O)CC(=O)C=Cc1ccc(OC)c(OC)c1. The summed E-state index contributed by atoms with van der Waals surface area (Å²) < 4.78 is 10.4. The number of Topliss-reactive ketones (excluding diaryl/α,β-unsaturated/α-hetero) is 1. The van der Waals surface area contributed by atoms with E-state index in [9.17, 15) is 9.59 Å². The van der Waals surface area contributed by atoms with E-state index in [2.05, 4.69) is 6.92 Å². The maximum atomic E-state index is 11.9. The summed E-state index contributed by atoms with van der Waals surface area (Å²) in [5, 5.41) is 0. The summed E-state index contributed by atoms with van der Waals surface area (Å²) in [5.41, 5.74) is 0.827. The second-order valence-corrected chi connectivity index (χ2v) is 5.79. The number of ether oxygens (including phenoxy) is 2. The van der Waals surface area contributed by atoms with Crippen molar-refractivity contribution >= 4 is 17.6 Å². The number of ketones is 2. The van der Waals surface area contributed by atoms with Gasteiger partial charge in [-0.2, -0.15) is 0 Å². The molecule has 0 amide bonds. The van der Waals surface area contributed by atoms with Crippen LogP contribution in [0, 0.1) is 0 Å². The molecule has 0 radical (unpaired) electrons. The minimum atomic E-state index is -0.164. The van der Waals surface area contributed by atoms with Gasteiger partial charge in [-0.1, -0.05) is 44.7 Å². The minimum Gasteiger partial charge on any atom is -0.493 e. The molecule has 1 aromatic carbocycles. The van der Waals surface area contributed by atoms with Gasteiger partial charge in [0.25, 0.3) is 0 Å². The molecule has 0 unspecified atom stereocenters. The van der Waals surface area contributed by atoms with Gasteiger partial charge in [-0.15, -0.1) is 0 Å². The number of hydrogen-bond acceptors (Lipinski definition) is 4. The Morgan fingerprint density at radius 2 is 1.71 bits per heavy atom. The van der Waals surface area contributed by atoms with Crippen LogP contribution in [0.3, 0.4) is 0 Å². The third-order valence-electron chi connectivity index (χ3n) is 3.80. The van der Waals surface area contributed by atoms with Crippen LogP contribution in [0.2, 0.25) is 0 Å². The molecular formula is C20H28O4. The topological polar surface area (TPSA) is 52.6 Å². The van der Waals surface area contributed by atoms with Gasteiger partial charge in [0, 0.05) is 6.42 Å². The Bertz CT molecular complexity index is 561. The number of unbranched alkanes of at least 4 members (excludes halogenated alkanes) is 4. The zero-order chi connectivity index (χ0) is 17.8. The first kappa shape index (κ1) is 19.9. The van der Waals surface area contributed by atoms with Gasteiger partial charge in [-0.3, -0.25) is 9.59 Å². The number of hydrogen-bond donors (Lipinski definition) is 0. The third-order valence-corrected chi connectivity index (χ3v) is 3.80. The summed E-state index contributed by atoms with van der Waals surface area (Å²) in [6.45, 7) is 2.16. The molecule has 0 aromatic heterocycles. The molecule has 4 nitrogen and oxygen atoms in total. The lowest BCUT2D eigenvalue weighted by Gasteiger charge is -2.07. The minimum absolute atomic E-state index is 0.0163. The average Bonchev–Trinajstić information content (AvgIpc) is 2.59. The first-order chi connectivity index (χ1) is 11.6. The van der Waals surface area contributed by atoms with Crippen molar-refractivity contribution in [2.75, 3.05) is 14.2 Å². The Balaban J connectivity index is 2.44. The van der Waals surface area contributed by atoms with E-state index in [-0.39, 0.29) is 18.0 Å². The first-order valence-corrected chi connectivity index (χ1v) is 8.55.